The summed E-state index contributed by atoms with van der Waals surface area (Å²) < 4.78 is 0. The monoisotopic (exact) mass is 344 g/mol. The maximum atomic E-state index is 12.8. The number of nitrogens with one attached hydrogen (secondary N) is 1. The molecular formula is C17H20N4O2S. The molecule has 0 aliphatic carbocycles. The van der Waals surface area contributed by atoms with Crippen molar-refractivity contribution in [2.45, 2.75) is 39.3 Å². The van der Waals surface area contributed by atoms with Crippen LogP contribution in [0.15, 0.2) is 23.7 Å². The van der Waals surface area contributed by atoms with Gasteiger partial charge in [0, 0.05) is 31.8 Å². The number of aryl methyl sites for hydroxylation is 1. The molecule has 1 aliphatic rings. The summed E-state index contributed by atoms with van der Waals surface area (Å²) in [6.07, 6.45) is 3.57. The van der Waals surface area contributed by atoms with Crippen LogP contribution in [0.2, 0.25) is 0 Å². The molecule has 1 N–H and O–H groups in total. The molecule has 1 unspecified atom stereocenters. The molecule has 0 aromatic carbocycles. The molecule has 0 spiro atoms. The Balaban J connectivity index is 1.90. The van der Waals surface area contributed by atoms with E-state index in [-0.39, 0.29) is 17.9 Å². The average molecular weight is 344 g/mol. The molecule has 7 heteroatoms. The van der Waals surface area contributed by atoms with Gasteiger partial charge in [-0.1, -0.05) is 6.07 Å². The highest BCUT2D eigenvalue weighted by atomic mass is 32.1. The molecule has 2 amide bonds. The SMILES string of the molecule is CC(=O)NCc1cnc(C)nc1C1CCCN1C(=O)c1cccs1. The molecule has 3 heterocycles. The minimum Gasteiger partial charge on any atom is -0.352 e. The highest BCUT2D eigenvalue weighted by Gasteiger charge is 2.33. The maximum Gasteiger partial charge on any atom is 0.264 e. The van der Waals surface area contributed by atoms with E-state index in [4.69, 9.17) is 0 Å². The van der Waals surface area contributed by atoms with E-state index in [1.165, 1.54) is 18.3 Å². The molecule has 6 nitrogen and oxygen atoms in total. The predicted molar refractivity (Wildman–Crippen MR) is 91.6 cm³/mol. The first kappa shape index (κ1) is 16.6. The van der Waals surface area contributed by atoms with E-state index in [1.807, 2.05) is 29.3 Å². The lowest BCUT2D eigenvalue weighted by Crippen LogP contribution is -2.32. The third-order valence-corrected chi connectivity index (χ3v) is 4.97. The van der Waals surface area contributed by atoms with Crippen LogP contribution >= 0.6 is 11.3 Å². The van der Waals surface area contributed by atoms with E-state index in [9.17, 15) is 9.59 Å². The minimum absolute atomic E-state index is 0.0502. The zero-order chi connectivity index (χ0) is 17.1. The standard InChI is InChI=1S/C17H20N4O2S/c1-11-18-9-13(10-19-12(2)22)16(20-11)14-5-3-7-21(14)17(23)15-6-4-8-24-15/h4,6,8-9,14H,3,5,7,10H2,1-2H3,(H,19,22). The molecule has 0 bridgehead atoms. The third kappa shape index (κ3) is 3.46. The fourth-order valence-electron chi connectivity index (χ4n) is 2.99. The number of likely N-dealkylation sites (tertiary alicyclic amines) is 1. The van der Waals surface area contributed by atoms with Crippen LogP contribution < -0.4 is 5.32 Å². The van der Waals surface area contributed by atoms with Crippen molar-refractivity contribution in [3.05, 3.63) is 45.7 Å². The lowest BCUT2D eigenvalue weighted by atomic mass is 10.1. The van der Waals surface area contributed by atoms with Gasteiger partial charge in [0.1, 0.15) is 5.82 Å². The highest BCUT2D eigenvalue weighted by Crippen LogP contribution is 2.34. The Bertz CT molecular complexity index is 745. The van der Waals surface area contributed by atoms with Gasteiger partial charge in [-0.2, -0.15) is 0 Å². The Morgan fingerprint density at radius 3 is 3.00 bits per heavy atom. The molecule has 1 aliphatic heterocycles. The molecule has 2 aromatic heterocycles. The molecular weight excluding hydrogens is 324 g/mol. The van der Waals surface area contributed by atoms with Gasteiger partial charge >= 0.3 is 0 Å². The van der Waals surface area contributed by atoms with Crippen molar-refractivity contribution in [3.63, 3.8) is 0 Å². The molecule has 24 heavy (non-hydrogen) atoms. The summed E-state index contributed by atoms with van der Waals surface area (Å²) in [6, 6.07) is 3.68. The Labute approximate surface area is 144 Å². The summed E-state index contributed by atoms with van der Waals surface area (Å²) in [7, 11) is 0. The van der Waals surface area contributed by atoms with Gasteiger partial charge in [0.15, 0.2) is 0 Å². The molecule has 0 saturated carbocycles. The largest absolute Gasteiger partial charge is 0.352 e. The lowest BCUT2D eigenvalue weighted by Gasteiger charge is -2.25. The highest BCUT2D eigenvalue weighted by molar-refractivity contribution is 7.12. The van der Waals surface area contributed by atoms with Gasteiger partial charge in [-0.25, -0.2) is 9.97 Å². The van der Waals surface area contributed by atoms with Gasteiger partial charge in [-0.15, -0.1) is 11.3 Å². The first-order chi connectivity index (χ1) is 11.6. The summed E-state index contributed by atoms with van der Waals surface area (Å²) in [4.78, 5) is 35.5. The van der Waals surface area contributed by atoms with E-state index in [0.29, 0.717) is 12.4 Å². The quantitative estimate of drug-likeness (QED) is 0.924. The van der Waals surface area contributed by atoms with Crippen LogP contribution in [0.3, 0.4) is 0 Å². The fourth-order valence-corrected chi connectivity index (χ4v) is 3.67. The smallest absolute Gasteiger partial charge is 0.264 e. The van der Waals surface area contributed by atoms with Crippen LogP contribution in [0, 0.1) is 6.92 Å². The van der Waals surface area contributed by atoms with Gasteiger partial charge in [0.25, 0.3) is 5.91 Å². The Kier molecular flexibility index (Phi) is 4.89. The van der Waals surface area contributed by atoms with Crippen molar-refractivity contribution in [1.29, 1.82) is 0 Å². The van der Waals surface area contributed by atoms with E-state index < -0.39 is 0 Å². The van der Waals surface area contributed by atoms with E-state index in [0.717, 1.165) is 35.5 Å². The number of carbonyl (C=O) groups excluding carboxylic acids is 2. The van der Waals surface area contributed by atoms with Crippen LogP contribution in [0.25, 0.3) is 0 Å². The maximum absolute atomic E-state index is 12.8. The Morgan fingerprint density at radius 1 is 1.46 bits per heavy atom. The lowest BCUT2D eigenvalue weighted by molar-refractivity contribution is -0.119. The average Bonchev–Trinajstić information content (AvgIpc) is 3.24. The molecule has 1 atom stereocenters. The number of amides is 2. The summed E-state index contributed by atoms with van der Waals surface area (Å²) in [5, 5.41) is 4.71. The molecule has 3 rings (SSSR count). The van der Waals surface area contributed by atoms with Crippen molar-refractivity contribution >= 4 is 23.2 Å². The first-order valence-electron chi connectivity index (χ1n) is 7.97. The number of carbonyl (C=O) groups is 2. The second kappa shape index (κ2) is 7.09. The number of thiophene rings is 1. The number of nitrogens with zero attached hydrogens (tertiary/aromatic N) is 3. The summed E-state index contributed by atoms with van der Waals surface area (Å²) in [5.41, 5.74) is 1.71. The van der Waals surface area contributed by atoms with E-state index in [2.05, 4.69) is 15.3 Å². The van der Waals surface area contributed by atoms with Crippen LogP contribution in [0.5, 0.6) is 0 Å². The van der Waals surface area contributed by atoms with Gasteiger partial charge in [0.2, 0.25) is 5.91 Å². The van der Waals surface area contributed by atoms with Gasteiger partial charge in [-0.3, -0.25) is 9.59 Å². The molecule has 1 fully saturated rings. The number of rotatable bonds is 4. The van der Waals surface area contributed by atoms with Crippen LogP contribution in [-0.2, 0) is 11.3 Å². The normalized spacial score (nSPS) is 17.1. The van der Waals surface area contributed by atoms with Crippen molar-refractivity contribution < 1.29 is 9.59 Å². The second-order valence-corrected chi connectivity index (χ2v) is 6.82. The van der Waals surface area contributed by atoms with Gasteiger partial charge in [0.05, 0.1) is 16.6 Å². The molecule has 2 aromatic rings. The van der Waals surface area contributed by atoms with Crippen molar-refractivity contribution in [2.75, 3.05) is 6.54 Å². The Morgan fingerprint density at radius 2 is 2.29 bits per heavy atom. The first-order valence-corrected chi connectivity index (χ1v) is 8.85. The number of hydrogen-bond acceptors (Lipinski definition) is 5. The summed E-state index contributed by atoms with van der Waals surface area (Å²) >= 11 is 1.46. The fraction of sp³-hybridized carbons (Fsp3) is 0.412. The topological polar surface area (TPSA) is 75.2 Å². The van der Waals surface area contributed by atoms with E-state index >= 15 is 0 Å². The van der Waals surface area contributed by atoms with Gasteiger partial charge in [-0.05, 0) is 31.2 Å². The zero-order valence-corrected chi connectivity index (χ0v) is 14.6. The summed E-state index contributed by atoms with van der Waals surface area (Å²) in [5.74, 6) is 0.626. The second-order valence-electron chi connectivity index (χ2n) is 5.87. The van der Waals surface area contributed by atoms with E-state index in [1.54, 1.807) is 6.20 Å². The predicted octanol–water partition coefficient (Wildman–Crippen LogP) is 2.46. The molecule has 0 radical (unpaired) electrons. The van der Waals surface area contributed by atoms with Crippen LogP contribution in [-0.4, -0.2) is 33.2 Å². The third-order valence-electron chi connectivity index (χ3n) is 4.11. The minimum atomic E-state index is -0.0977. The molecule has 126 valence electrons. The van der Waals surface area contributed by atoms with Crippen molar-refractivity contribution in [2.24, 2.45) is 0 Å². The summed E-state index contributed by atoms with van der Waals surface area (Å²) in [6.45, 7) is 4.43. The van der Waals surface area contributed by atoms with Crippen LogP contribution in [0.4, 0.5) is 0 Å². The number of aromatic nitrogens is 2. The van der Waals surface area contributed by atoms with Crippen molar-refractivity contribution in [1.82, 2.24) is 20.2 Å². The Hall–Kier alpha value is -2.28. The number of hydrogen-bond donors (Lipinski definition) is 1. The zero-order valence-electron chi connectivity index (χ0n) is 13.8. The van der Waals surface area contributed by atoms with Crippen molar-refractivity contribution in [3.8, 4) is 0 Å². The van der Waals surface area contributed by atoms with Crippen LogP contribution in [0.1, 0.15) is 52.6 Å². The van der Waals surface area contributed by atoms with Gasteiger partial charge < -0.3 is 10.2 Å². The molecule has 1 saturated heterocycles.